The van der Waals surface area contributed by atoms with Crippen LogP contribution in [0.2, 0.25) is 0 Å². The maximum atomic E-state index is 9.13. The third kappa shape index (κ3) is 2.97. The fourth-order valence-electron chi connectivity index (χ4n) is 4.22. The van der Waals surface area contributed by atoms with Crippen LogP contribution in [-0.4, -0.2) is 4.98 Å². The first-order valence-corrected chi connectivity index (χ1v) is 10.9. The molecule has 6 aromatic rings. The molecule has 0 aliphatic rings. The van der Waals surface area contributed by atoms with Crippen LogP contribution in [0.1, 0.15) is 5.56 Å². The van der Waals surface area contributed by atoms with Crippen LogP contribution in [0.25, 0.3) is 53.3 Å². The van der Waals surface area contributed by atoms with Crippen molar-refractivity contribution >= 4 is 42.3 Å². The van der Waals surface area contributed by atoms with Crippen molar-refractivity contribution in [2.45, 2.75) is 0 Å². The fraction of sp³-hybridized carbons (Fsp3) is 0. The average Bonchev–Trinajstić information content (AvgIpc) is 3.22. The first-order chi connectivity index (χ1) is 15.3. The van der Waals surface area contributed by atoms with Crippen LogP contribution < -0.4 is 0 Å². The Morgan fingerprint density at radius 1 is 0.677 bits per heavy atom. The molecule has 6 rings (SSSR count). The van der Waals surface area contributed by atoms with E-state index in [1.54, 1.807) is 12.3 Å². The van der Waals surface area contributed by atoms with E-state index in [4.69, 9.17) is 5.26 Å². The van der Waals surface area contributed by atoms with Crippen molar-refractivity contribution in [3.63, 3.8) is 0 Å². The van der Waals surface area contributed by atoms with Crippen molar-refractivity contribution in [1.29, 1.82) is 5.26 Å². The molecule has 144 valence electrons. The lowest BCUT2D eigenvalue weighted by Crippen LogP contribution is -1.85. The lowest BCUT2D eigenvalue weighted by atomic mass is 9.99. The Balaban J connectivity index is 1.48. The van der Waals surface area contributed by atoms with E-state index in [1.165, 1.54) is 42.1 Å². The minimum absolute atomic E-state index is 0.621. The molecule has 2 heterocycles. The third-order valence-corrected chi connectivity index (χ3v) is 6.90. The second-order valence-electron chi connectivity index (χ2n) is 7.59. The number of nitrogens with zero attached hydrogens (tertiary/aromatic N) is 2. The first-order valence-electron chi connectivity index (χ1n) is 10.1. The van der Waals surface area contributed by atoms with Gasteiger partial charge in [0.25, 0.3) is 0 Å². The third-order valence-electron chi connectivity index (χ3n) is 5.76. The predicted octanol–water partition coefficient (Wildman–Crippen LogP) is 7.81. The smallest absolute Gasteiger partial charge is 0.0992 e. The van der Waals surface area contributed by atoms with Crippen molar-refractivity contribution in [1.82, 2.24) is 4.98 Å². The standard InChI is InChI=1S/C28H16N2S/c29-17-18-13-14-30-25(15-18)21-7-5-19(6-8-21)22-10-11-26-24(16-22)28-23-4-2-1-3-20(23)9-12-27(28)31-26/h1-16H. The molecule has 3 heteroatoms. The van der Waals surface area contributed by atoms with Crippen molar-refractivity contribution < 1.29 is 0 Å². The number of thiophene rings is 1. The largest absolute Gasteiger partial charge is 0.256 e. The molecular formula is C28H16N2S. The van der Waals surface area contributed by atoms with Crippen LogP contribution in [0.15, 0.2) is 97.2 Å². The number of pyridine rings is 1. The Kier molecular flexibility index (Phi) is 4.06. The van der Waals surface area contributed by atoms with E-state index in [1.807, 2.05) is 17.4 Å². The number of hydrogen-bond acceptors (Lipinski definition) is 3. The molecule has 0 saturated carbocycles. The molecule has 31 heavy (non-hydrogen) atoms. The van der Waals surface area contributed by atoms with Gasteiger partial charge in [-0.05, 0) is 52.2 Å². The number of aromatic nitrogens is 1. The molecule has 0 spiro atoms. The highest BCUT2D eigenvalue weighted by Crippen LogP contribution is 2.40. The first kappa shape index (κ1) is 17.8. The topological polar surface area (TPSA) is 36.7 Å². The van der Waals surface area contributed by atoms with Gasteiger partial charge < -0.3 is 0 Å². The van der Waals surface area contributed by atoms with Gasteiger partial charge in [-0.2, -0.15) is 5.26 Å². The Morgan fingerprint density at radius 3 is 2.32 bits per heavy atom. The molecular weight excluding hydrogens is 396 g/mol. The summed E-state index contributed by atoms with van der Waals surface area (Å²) in [5, 5.41) is 14.4. The second-order valence-corrected chi connectivity index (χ2v) is 8.68. The number of rotatable bonds is 2. The predicted molar refractivity (Wildman–Crippen MR) is 130 cm³/mol. The van der Waals surface area contributed by atoms with E-state index in [-0.39, 0.29) is 0 Å². The van der Waals surface area contributed by atoms with Gasteiger partial charge in [-0.15, -0.1) is 11.3 Å². The molecule has 0 aliphatic heterocycles. The van der Waals surface area contributed by atoms with Gasteiger partial charge in [-0.1, -0.05) is 60.7 Å². The van der Waals surface area contributed by atoms with Crippen LogP contribution in [0, 0.1) is 11.3 Å². The minimum Gasteiger partial charge on any atom is -0.256 e. The molecule has 0 N–H and O–H groups in total. The molecule has 0 saturated heterocycles. The molecule has 0 radical (unpaired) electrons. The molecule has 0 fully saturated rings. The summed E-state index contributed by atoms with van der Waals surface area (Å²) in [5.74, 6) is 0. The van der Waals surface area contributed by atoms with Gasteiger partial charge in [-0.25, -0.2) is 0 Å². The highest BCUT2D eigenvalue weighted by molar-refractivity contribution is 7.26. The number of benzene rings is 4. The summed E-state index contributed by atoms with van der Waals surface area (Å²) >= 11 is 1.85. The molecule has 2 nitrogen and oxygen atoms in total. The maximum Gasteiger partial charge on any atom is 0.0992 e. The zero-order valence-corrected chi connectivity index (χ0v) is 17.4. The molecule has 0 unspecified atom stereocenters. The van der Waals surface area contributed by atoms with Crippen molar-refractivity contribution in [3.05, 3.63) is 103 Å². The van der Waals surface area contributed by atoms with E-state index in [2.05, 4.69) is 89.9 Å². The highest BCUT2D eigenvalue weighted by atomic mass is 32.1. The highest BCUT2D eigenvalue weighted by Gasteiger charge is 2.10. The number of fused-ring (bicyclic) bond motifs is 5. The monoisotopic (exact) mass is 412 g/mol. The summed E-state index contributed by atoms with van der Waals surface area (Å²) < 4.78 is 2.63. The summed E-state index contributed by atoms with van der Waals surface area (Å²) in [7, 11) is 0. The van der Waals surface area contributed by atoms with Crippen LogP contribution >= 0.6 is 11.3 Å². The van der Waals surface area contributed by atoms with Gasteiger partial charge in [0.15, 0.2) is 0 Å². The van der Waals surface area contributed by atoms with E-state index in [9.17, 15) is 0 Å². The van der Waals surface area contributed by atoms with Gasteiger partial charge in [0.05, 0.1) is 17.3 Å². The molecule has 0 amide bonds. The van der Waals surface area contributed by atoms with Gasteiger partial charge >= 0.3 is 0 Å². The Hall–Kier alpha value is -4.00. The van der Waals surface area contributed by atoms with Crippen LogP contribution in [0.3, 0.4) is 0 Å². The summed E-state index contributed by atoms with van der Waals surface area (Å²) in [6.07, 6.45) is 1.68. The fourth-order valence-corrected chi connectivity index (χ4v) is 5.32. The number of hydrogen-bond donors (Lipinski definition) is 0. The summed E-state index contributed by atoms with van der Waals surface area (Å²) in [6.45, 7) is 0. The van der Waals surface area contributed by atoms with Gasteiger partial charge in [0.1, 0.15) is 0 Å². The zero-order valence-electron chi connectivity index (χ0n) is 16.5. The normalized spacial score (nSPS) is 11.2. The van der Waals surface area contributed by atoms with E-state index >= 15 is 0 Å². The molecule has 4 aromatic carbocycles. The minimum atomic E-state index is 0.621. The van der Waals surface area contributed by atoms with Gasteiger partial charge in [-0.3, -0.25) is 4.98 Å². The maximum absolute atomic E-state index is 9.13. The lowest BCUT2D eigenvalue weighted by Gasteiger charge is -2.06. The van der Waals surface area contributed by atoms with Crippen LogP contribution in [0.4, 0.5) is 0 Å². The summed E-state index contributed by atoms with van der Waals surface area (Å²) in [4.78, 5) is 4.41. The quantitative estimate of drug-likeness (QED) is 0.291. The Labute approximate surface area is 183 Å². The molecule has 0 atom stereocenters. The summed E-state index contributed by atoms with van der Waals surface area (Å²) in [6, 6.07) is 33.9. The van der Waals surface area contributed by atoms with Crippen LogP contribution in [0.5, 0.6) is 0 Å². The molecule has 0 aliphatic carbocycles. The Bertz CT molecular complexity index is 1640. The second kappa shape index (κ2) is 7.05. The Morgan fingerprint density at radius 2 is 1.45 bits per heavy atom. The van der Waals surface area contributed by atoms with Crippen molar-refractivity contribution in [3.8, 4) is 28.5 Å². The van der Waals surface area contributed by atoms with E-state index < -0.39 is 0 Å². The van der Waals surface area contributed by atoms with Gasteiger partial charge in [0.2, 0.25) is 0 Å². The van der Waals surface area contributed by atoms with E-state index in [0.29, 0.717) is 5.56 Å². The summed E-state index contributed by atoms with van der Waals surface area (Å²) in [5.41, 5.74) is 4.81. The van der Waals surface area contributed by atoms with E-state index in [0.717, 1.165) is 11.3 Å². The van der Waals surface area contributed by atoms with Crippen molar-refractivity contribution in [2.75, 3.05) is 0 Å². The zero-order chi connectivity index (χ0) is 20.8. The molecule has 0 bridgehead atoms. The molecule has 2 aromatic heterocycles. The lowest BCUT2D eigenvalue weighted by molar-refractivity contribution is 1.31. The average molecular weight is 413 g/mol. The SMILES string of the molecule is N#Cc1ccnc(-c2ccc(-c3ccc4sc5ccc6ccccc6c5c4c3)cc2)c1. The van der Waals surface area contributed by atoms with Crippen LogP contribution in [-0.2, 0) is 0 Å². The number of nitriles is 1. The van der Waals surface area contributed by atoms with Crippen molar-refractivity contribution in [2.24, 2.45) is 0 Å². The van der Waals surface area contributed by atoms with Gasteiger partial charge in [0, 0.05) is 31.9 Å².